The number of oxazole rings is 1. The minimum atomic E-state index is -3.37. The zero-order valence-corrected chi connectivity index (χ0v) is 17.9. The lowest BCUT2D eigenvalue weighted by atomic mass is 9.84. The minimum Gasteiger partial charge on any atom is -0.444 e. The van der Waals surface area contributed by atoms with Crippen LogP contribution in [0.4, 0.5) is 0 Å². The van der Waals surface area contributed by atoms with Crippen LogP contribution in [0.25, 0.3) is 11.5 Å². The maximum absolute atomic E-state index is 12.8. The van der Waals surface area contributed by atoms with Crippen LogP contribution in [-0.4, -0.2) is 13.4 Å². The van der Waals surface area contributed by atoms with Crippen LogP contribution in [0.1, 0.15) is 48.7 Å². The molecule has 0 unspecified atom stereocenters. The molecule has 0 aliphatic rings. The van der Waals surface area contributed by atoms with Crippen molar-refractivity contribution < 1.29 is 12.8 Å². The van der Waals surface area contributed by atoms with E-state index in [1.165, 1.54) is 11.8 Å². The fourth-order valence-corrected chi connectivity index (χ4v) is 4.82. The van der Waals surface area contributed by atoms with Gasteiger partial charge in [-0.05, 0) is 53.6 Å². The third-order valence-corrected chi connectivity index (χ3v) is 6.33. The fraction of sp³-hybridized carbons (Fsp3) is 0.348. The molecule has 2 aromatic carbocycles. The molecule has 5 heteroatoms. The standard InChI is InChI=1S/C23H27NO3S/c1-16-11-19(23(3,4)5)12-17(2)21(16)15-28(25,26)14-20-13-27-22(24-20)18-9-7-6-8-10-18/h6-13H,14-15H2,1-5H3. The van der Waals surface area contributed by atoms with E-state index in [0.717, 1.165) is 22.3 Å². The van der Waals surface area contributed by atoms with E-state index < -0.39 is 9.84 Å². The van der Waals surface area contributed by atoms with Crippen molar-refractivity contribution in [2.45, 2.75) is 51.5 Å². The van der Waals surface area contributed by atoms with Gasteiger partial charge in [0, 0.05) is 5.56 Å². The summed E-state index contributed by atoms with van der Waals surface area (Å²) in [6.07, 6.45) is 1.43. The molecule has 0 radical (unpaired) electrons. The highest BCUT2D eigenvalue weighted by Crippen LogP contribution is 2.28. The lowest BCUT2D eigenvalue weighted by Gasteiger charge is -2.22. The molecule has 1 heterocycles. The van der Waals surface area contributed by atoms with Crippen LogP contribution in [0.5, 0.6) is 0 Å². The number of aromatic nitrogens is 1. The molecule has 0 N–H and O–H groups in total. The number of benzene rings is 2. The Hall–Kier alpha value is -2.40. The summed E-state index contributed by atoms with van der Waals surface area (Å²) in [5.74, 6) is 0.305. The van der Waals surface area contributed by atoms with Crippen LogP contribution < -0.4 is 0 Å². The number of hydrogen-bond donors (Lipinski definition) is 0. The zero-order valence-electron chi connectivity index (χ0n) is 17.1. The van der Waals surface area contributed by atoms with E-state index >= 15 is 0 Å². The molecule has 0 atom stereocenters. The molecule has 0 fully saturated rings. The highest BCUT2D eigenvalue weighted by molar-refractivity contribution is 7.89. The molecule has 0 spiro atoms. The summed E-state index contributed by atoms with van der Waals surface area (Å²) in [6, 6.07) is 13.7. The predicted octanol–water partition coefficient (Wildman–Crippen LogP) is 5.37. The number of sulfone groups is 1. The Labute approximate surface area is 167 Å². The van der Waals surface area contributed by atoms with Gasteiger partial charge in [-0.25, -0.2) is 13.4 Å². The maximum Gasteiger partial charge on any atom is 0.226 e. The van der Waals surface area contributed by atoms with E-state index in [9.17, 15) is 8.42 Å². The first kappa shape index (κ1) is 20.3. The summed E-state index contributed by atoms with van der Waals surface area (Å²) in [7, 11) is -3.37. The molecule has 0 saturated carbocycles. The second kappa shape index (κ2) is 7.55. The van der Waals surface area contributed by atoms with Gasteiger partial charge in [0.15, 0.2) is 9.84 Å². The lowest BCUT2D eigenvalue weighted by molar-refractivity contribution is 0.571. The Balaban J connectivity index is 1.81. The topological polar surface area (TPSA) is 60.2 Å². The van der Waals surface area contributed by atoms with Crippen molar-refractivity contribution in [3.05, 3.63) is 76.7 Å². The molecular formula is C23H27NO3S. The monoisotopic (exact) mass is 397 g/mol. The largest absolute Gasteiger partial charge is 0.444 e. The molecule has 148 valence electrons. The zero-order chi connectivity index (χ0) is 20.5. The smallest absolute Gasteiger partial charge is 0.226 e. The van der Waals surface area contributed by atoms with E-state index in [1.54, 1.807) is 0 Å². The van der Waals surface area contributed by atoms with E-state index in [1.807, 2.05) is 44.2 Å². The SMILES string of the molecule is Cc1cc(C(C)(C)C)cc(C)c1CS(=O)(=O)Cc1coc(-c2ccccc2)n1. The Morgan fingerprint density at radius 2 is 1.57 bits per heavy atom. The molecule has 0 saturated heterocycles. The molecule has 1 aromatic heterocycles. The van der Waals surface area contributed by atoms with Gasteiger partial charge in [0.1, 0.15) is 6.26 Å². The van der Waals surface area contributed by atoms with Crippen LogP contribution in [0.15, 0.2) is 53.1 Å². The number of aryl methyl sites for hydroxylation is 2. The quantitative estimate of drug-likeness (QED) is 0.581. The van der Waals surface area contributed by atoms with Crippen LogP contribution in [0, 0.1) is 13.8 Å². The molecule has 0 aliphatic heterocycles. The van der Waals surface area contributed by atoms with Crippen LogP contribution in [0.2, 0.25) is 0 Å². The van der Waals surface area contributed by atoms with Gasteiger partial charge < -0.3 is 4.42 Å². The third-order valence-electron chi connectivity index (χ3n) is 4.87. The predicted molar refractivity (Wildman–Crippen MR) is 113 cm³/mol. The van der Waals surface area contributed by atoms with Gasteiger partial charge in [-0.3, -0.25) is 0 Å². The number of rotatable bonds is 5. The van der Waals surface area contributed by atoms with Crippen molar-refractivity contribution in [2.24, 2.45) is 0 Å². The van der Waals surface area contributed by atoms with Crippen molar-refractivity contribution in [3.63, 3.8) is 0 Å². The second-order valence-corrected chi connectivity index (χ2v) is 10.4. The normalized spacial score (nSPS) is 12.3. The molecule has 3 aromatic rings. The van der Waals surface area contributed by atoms with Crippen LogP contribution in [0.3, 0.4) is 0 Å². The number of hydrogen-bond acceptors (Lipinski definition) is 4. The summed E-state index contributed by atoms with van der Waals surface area (Å²) in [6.45, 7) is 10.4. The van der Waals surface area contributed by atoms with Crippen molar-refractivity contribution in [3.8, 4) is 11.5 Å². The lowest BCUT2D eigenvalue weighted by Crippen LogP contribution is -2.14. The van der Waals surface area contributed by atoms with E-state index in [-0.39, 0.29) is 16.9 Å². The van der Waals surface area contributed by atoms with Gasteiger partial charge in [-0.15, -0.1) is 0 Å². The maximum atomic E-state index is 12.8. The van der Waals surface area contributed by atoms with E-state index in [0.29, 0.717) is 11.6 Å². The van der Waals surface area contributed by atoms with Crippen LogP contribution in [-0.2, 0) is 26.8 Å². The summed E-state index contributed by atoms with van der Waals surface area (Å²) in [5, 5.41) is 0. The average Bonchev–Trinajstić information content (AvgIpc) is 3.05. The average molecular weight is 398 g/mol. The van der Waals surface area contributed by atoms with Crippen molar-refractivity contribution in [1.29, 1.82) is 0 Å². The molecule has 0 amide bonds. The first-order valence-electron chi connectivity index (χ1n) is 9.36. The summed E-state index contributed by atoms with van der Waals surface area (Å²) in [5.41, 5.74) is 5.40. The Morgan fingerprint density at radius 1 is 0.964 bits per heavy atom. The molecule has 28 heavy (non-hydrogen) atoms. The molecule has 3 rings (SSSR count). The Morgan fingerprint density at radius 3 is 2.14 bits per heavy atom. The van der Waals surface area contributed by atoms with Crippen molar-refractivity contribution in [1.82, 2.24) is 4.98 Å². The van der Waals surface area contributed by atoms with Gasteiger partial charge in [-0.1, -0.05) is 51.1 Å². The summed E-state index contributed by atoms with van der Waals surface area (Å²) < 4.78 is 31.1. The highest BCUT2D eigenvalue weighted by Gasteiger charge is 2.21. The molecule has 4 nitrogen and oxygen atoms in total. The number of nitrogens with zero attached hydrogens (tertiary/aromatic N) is 1. The second-order valence-electron chi connectivity index (χ2n) is 8.38. The minimum absolute atomic E-state index is 0.00260. The highest BCUT2D eigenvalue weighted by atomic mass is 32.2. The van der Waals surface area contributed by atoms with Gasteiger partial charge in [0.05, 0.1) is 17.2 Å². The van der Waals surface area contributed by atoms with Gasteiger partial charge in [0.2, 0.25) is 5.89 Å². The van der Waals surface area contributed by atoms with E-state index in [4.69, 9.17) is 4.42 Å². The molecule has 0 bridgehead atoms. The van der Waals surface area contributed by atoms with Crippen molar-refractivity contribution in [2.75, 3.05) is 0 Å². The Bertz CT molecular complexity index is 1050. The summed E-state index contributed by atoms with van der Waals surface area (Å²) >= 11 is 0. The van der Waals surface area contributed by atoms with Gasteiger partial charge >= 0.3 is 0 Å². The molecule has 0 aliphatic carbocycles. The first-order chi connectivity index (χ1) is 13.0. The Kier molecular flexibility index (Phi) is 5.48. The van der Waals surface area contributed by atoms with E-state index in [2.05, 4.69) is 37.9 Å². The van der Waals surface area contributed by atoms with Gasteiger partial charge in [0.25, 0.3) is 0 Å². The van der Waals surface area contributed by atoms with Gasteiger partial charge in [-0.2, -0.15) is 0 Å². The summed E-state index contributed by atoms with van der Waals surface area (Å²) in [4.78, 5) is 4.35. The first-order valence-corrected chi connectivity index (χ1v) is 11.2. The van der Waals surface area contributed by atoms with Crippen LogP contribution >= 0.6 is 0 Å². The van der Waals surface area contributed by atoms with Crippen molar-refractivity contribution >= 4 is 9.84 Å². The fourth-order valence-electron chi connectivity index (χ4n) is 3.24. The molecular weight excluding hydrogens is 370 g/mol. The third kappa shape index (κ3) is 4.71.